The number of pyridine rings is 5. The van der Waals surface area contributed by atoms with Gasteiger partial charge in [-0.3, -0.25) is 89.1 Å². The Kier molecular flexibility index (Phi) is 47.2. The number of hydrogen-bond acceptors (Lipinski definition) is 23. The average molecular weight is 2210 g/mol. The van der Waals surface area contributed by atoms with E-state index in [1.807, 2.05) is 53.4 Å². The van der Waals surface area contributed by atoms with Crippen LogP contribution in [-0.2, 0) is 86.2 Å². The Bertz CT molecular complexity index is 6730. The monoisotopic (exact) mass is 2200 g/mol. The van der Waals surface area contributed by atoms with Gasteiger partial charge in [-0.15, -0.1) is 62.0 Å². The molecule has 144 heavy (non-hydrogen) atoms. The number of hydroxylamine groups is 10. The second kappa shape index (κ2) is 56.6. The maximum absolute atomic E-state index is 13.3. The van der Waals surface area contributed by atoms with Crippen LogP contribution in [0.5, 0.6) is 0 Å². The quantitative estimate of drug-likeness (QED) is 0.0123. The Labute approximate surface area is 871 Å². The molecule has 7 heterocycles. The van der Waals surface area contributed by atoms with Crippen LogP contribution >= 0.6 is 96.8 Å². The van der Waals surface area contributed by atoms with E-state index in [0.717, 1.165) is 52.2 Å². The lowest BCUT2D eigenvalue weighted by atomic mass is 10.1. The summed E-state index contributed by atoms with van der Waals surface area (Å²) in [5.74, 6) is -7.66. The van der Waals surface area contributed by atoms with Gasteiger partial charge in [0.1, 0.15) is 34.6 Å². The van der Waals surface area contributed by atoms with Crippen molar-refractivity contribution in [3.8, 4) is 0 Å². The highest BCUT2D eigenvalue weighted by Gasteiger charge is 2.39. The molecule has 0 radical (unpaired) electrons. The summed E-state index contributed by atoms with van der Waals surface area (Å²) >= 11 is 17.7. The van der Waals surface area contributed by atoms with Crippen LogP contribution < -0.4 is 24.0 Å². The maximum atomic E-state index is 13.3. The highest BCUT2D eigenvalue weighted by molar-refractivity contribution is 7.92. The number of carbonyl (C=O) groups is 5. The zero-order valence-electron chi connectivity index (χ0n) is 75.4. The maximum Gasteiger partial charge on any atom is 0.416 e. The molecule has 0 aliphatic carbocycles. The summed E-state index contributed by atoms with van der Waals surface area (Å²) < 4.78 is 160. The van der Waals surface area contributed by atoms with Gasteiger partial charge < -0.3 is 9.80 Å². The summed E-state index contributed by atoms with van der Waals surface area (Å²) in [6.07, 6.45) is 2.10. The molecule has 0 atom stereocenters. The Hall–Kier alpha value is -12.6. The van der Waals surface area contributed by atoms with Crippen LogP contribution in [0.25, 0.3) is 0 Å². The number of anilines is 5. The van der Waals surface area contributed by atoms with Gasteiger partial charge in [-0.1, -0.05) is 217 Å². The lowest BCUT2D eigenvalue weighted by Gasteiger charge is -2.30. The predicted octanol–water partition coefficient (Wildman–Crippen LogP) is 20.3. The SMILES string of the molecule is Cl.Cl.Cl.Cl.Cl.O=C(c1cc(N2CCC(F)(F)C2)ccn1)N(O)Cc1ccccc1.O=C(c1cc(N2CCC(F)CC2)ccn1)N(O)Cc1ccccc1.O=C(c1cc(NS(=O)(=O)Cc2cc(Cl)cc(Cl)c2)ccn1)N(O)Cc1ccccc1.O=C(c1cc(NS(=O)(=O)Cc2cccc(C(F)(F)F)c2)ccn1)N(O)Cc1ccccc1.O=C(c1cc(NS(=O)(=O)Cc2cccc(Cl)c2)ccn1)N(O)Cc1ccccc1. The van der Waals surface area contributed by atoms with E-state index in [9.17, 15) is 102 Å². The smallest absolute Gasteiger partial charge is 0.371 e. The van der Waals surface area contributed by atoms with E-state index < -0.39 is 89.2 Å². The van der Waals surface area contributed by atoms with Crippen LogP contribution in [0.2, 0.25) is 15.1 Å². The minimum absolute atomic E-state index is 0. The molecular formula is C96H95Cl8F6N15O16S3. The van der Waals surface area contributed by atoms with Crippen molar-refractivity contribution >= 4 is 185 Å². The van der Waals surface area contributed by atoms with E-state index in [4.69, 9.17) is 34.8 Å². The van der Waals surface area contributed by atoms with Gasteiger partial charge in [0.15, 0.2) is 0 Å². The number of hydrogen-bond donors (Lipinski definition) is 8. The van der Waals surface area contributed by atoms with Crippen molar-refractivity contribution in [1.29, 1.82) is 0 Å². The number of nitrogens with one attached hydrogen (secondary N) is 3. The third-order valence-electron chi connectivity index (χ3n) is 20.2. The zero-order valence-corrected chi connectivity index (χ0v) is 84.2. The van der Waals surface area contributed by atoms with E-state index in [-0.39, 0.29) is 177 Å². The van der Waals surface area contributed by atoms with E-state index in [1.165, 1.54) is 90.4 Å². The molecule has 8 aromatic carbocycles. The van der Waals surface area contributed by atoms with Gasteiger partial charge in [-0.2, -0.15) is 13.2 Å². The van der Waals surface area contributed by atoms with Crippen molar-refractivity contribution in [2.45, 2.75) is 87.5 Å². The predicted molar refractivity (Wildman–Crippen MR) is 544 cm³/mol. The second-order valence-electron chi connectivity index (χ2n) is 31.2. The largest absolute Gasteiger partial charge is 0.416 e. The number of rotatable bonds is 29. The molecule has 0 bridgehead atoms. The fraction of sp³-hybridized carbons (Fsp3) is 0.188. The first-order chi connectivity index (χ1) is 66.1. The Balaban J connectivity index is 0.000000274. The number of amides is 5. The number of sulfonamides is 3. The fourth-order valence-corrected chi connectivity index (χ4v) is 17.9. The van der Waals surface area contributed by atoms with Crippen molar-refractivity contribution in [2.24, 2.45) is 0 Å². The summed E-state index contributed by atoms with van der Waals surface area (Å²) in [5, 5.41) is 54.0. The second-order valence-corrected chi connectivity index (χ2v) is 37.7. The number of nitrogens with zero attached hydrogens (tertiary/aromatic N) is 12. The third-order valence-corrected chi connectivity index (χ3v) is 24.6. The molecule has 13 aromatic rings. The van der Waals surface area contributed by atoms with Crippen LogP contribution in [0.15, 0.2) is 310 Å². The van der Waals surface area contributed by atoms with Gasteiger partial charge in [0.2, 0.25) is 30.1 Å². The van der Waals surface area contributed by atoms with Crippen molar-refractivity contribution in [1.82, 2.24) is 50.2 Å². The Morgan fingerprint density at radius 2 is 0.625 bits per heavy atom. The molecule has 5 amide bonds. The molecule has 766 valence electrons. The average Bonchev–Trinajstić information content (AvgIpc) is 1.61. The molecule has 0 saturated carbocycles. The van der Waals surface area contributed by atoms with Crippen molar-refractivity contribution in [2.75, 3.05) is 50.1 Å². The zero-order chi connectivity index (χ0) is 100. The third kappa shape index (κ3) is 38.8. The normalized spacial score (nSPS) is 12.4. The van der Waals surface area contributed by atoms with Crippen LogP contribution in [0.1, 0.15) is 122 Å². The van der Waals surface area contributed by atoms with Gasteiger partial charge in [0.25, 0.3) is 35.5 Å². The first-order valence-electron chi connectivity index (χ1n) is 42.1. The molecule has 2 saturated heterocycles. The van der Waals surface area contributed by atoms with E-state index in [2.05, 4.69) is 39.1 Å². The van der Waals surface area contributed by atoms with Crippen LogP contribution in [0.4, 0.5) is 54.8 Å². The molecule has 0 spiro atoms. The van der Waals surface area contributed by atoms with Crippen LogP contribution in [0.3, 0.4) is 0 Å². The van der Waals surface area contributed by atoms with Gasteiger partial charge in [0.05, 0.1) is 79.2 Å². The Morgan fingerprint density at radius 3 is 0.931 bits per heavy atom. The molecular weight excluding hydrogens is 2110 g/mol. The molecule has 2 aliphatic heterocycles. The standard InChI is InChI=1S/C21H18F3N3O4S.C20H17Cl2N3O4S.C20H18ClN3O4S.C18H20FN3O2.C17H17F2N3O2.5ClH/c22-21(23,24)17-8-4-7-16(11-17)14-32(30,31)26-18-9-10-25-19(12-18)20(28)27(29)13-15-5-2-1-3-6-15;21-16-8-15(9-17(22)10-16)13-30(28,29)24-18-6-7-23-19(11-18)20(26)25(27)12-14-4-2-1-3-5-14;21-17-8-4-7-16(11-17)14-29(27,28)23-18-9-10-22-19(12-18)20(25)24(26)13-15-5-2-1-3-6-15;19-15-7-10-21(11-8-15)16-6-9-20-17(12-16)18(23)22(24)13-14-4-2-1-3-5-14;18-17(19)7-9-21(12-17)14-6-8-20-15(10-14)16(23)22(24)11-13-4-2-1-3-5-13;;;;;/h1-12,29H,13-14H2,(H,25,26);1-11,27H,12-13H2,(H,23,24);1-12,26H,13-14H2,(H,22,23);1-6,9,12,15,24H,7-8,10-11,13H2;1-6,8,10,24H,7,9,11-12H2;5*1H. The lowest BCUT2D eigenvalue weighted by molar-refractivity contribution is -0.137. The lowest BCUT2D eigenvalue weighted by Crippen LogP contribution is -2.34. The van der Waals surface area contributed by atoms with Crippen LogP contribution in [0, 0.1) is 0 Å². The number of halogens is 14. The van der Waals surface area contributed by atoms with Gasteiger partial charge in [0, 0.05) is 83.5 Å². The molecule has 8 N–H and O–H groups in total. The van der Waals surface area contributed by atoms with Gasteiger partial charge >= 0.3 is 6.18 Å². The Morgan fingerprint density at radius 1 is 0.347 bits per heavy atom. The number of carbonyl (C=O) groups excluding carboxylic acids is 5. The van der Waals surface area contributed by atoms with E-state index in [0.29, 0.717) is 88.7 Å². The van der Waals surface area contributed by atoms with Crippen molar-refractivity contribution in [3.63, 3.8) is 0 Å². The summed E-state index contributed by atoms with van der Waals surface area (Å²) in [5.41, 5.74) is 5.03. The minimum atomic E-state index is -4.59. The van der Waals surface area contributed by atoms with Crippen molar-refractivity contribution < 1.29 is 102 Å². The highest BCUT2D eigenvalue weighted by atomic mass is 35.5. The summed E-state index contributed by atoms with van der Waals surface area (Å²) in [6, 6.07) is 74.0. The fourth-order valence-electron chi connectivity index (χ4n) is 13.6. The first-order valence-corrected chi connectivity index (χ1v) is 48.2. The highest BCUT2D eigenvalue weighted by Crippen LogP contribution is 2.34. The summed E-state index contributed by atoms with van der Waals surface area (Å²) in [7, 11) is -11.6. The summed E-state index contributed by atoms with van der Waals surface area (Å²) in [4.78, 5) is 85.2. The molecule has 5 aromatic heterocycles. The molecule has 15 rings (SSSR count). The number of aromatic nitrogens is 5. The van der Waals surface area contributed by atoms with E-state index in [1.54, 1.807) is 152 Å². The van der Waals surface area contributed by atoms with Gasteiger partial charge in [-0.05, 0) is 154 Å². The summed E-state index contributed by atoms with van der Waals surface area (Å²) in [6.45, 7) is 1.03. The molecule has 2 aliphatic rings. The minimum Gasteiger partial charge on any atom is -0.371 e. The topological polar surface area (TPSA) is 412 Å². The molecule has 31 nitrogen and oxygen atoms in total. The molecule has 48 heteroatoms. The van der Waals surface area contributed by atoms with Crippen LogP contribution in [-0.4, -0.2) is 169 Å². The number of benzene rings is 8. The van der Waals surface area contributed by atoms with Gasteiger partial charge in [-0.25, -0.2) is 63.7 Å². The molecule has 2 fully saturated rings. The van der Waals surface area contributed by atoms with Crippen molar-refractivity contribution in [3.05, 3.63) is 404 Å². The van der Waals surface area contributed by atoms with E-state index >= 15 is 0 Å². The first kappa shape index (κ1) is 120. The molecule has 0 unspecified atom stereocenters. The number of alkyl halides is 6. The number of piperidine rings is 1.